The molecule has 0 aliphatic carbocycles. The number of rotatable bonds is 4. The van der Waals surface area contributed by atoms with Gasteiger partial charge in [0.05, 0.1) is 14.2 Å². The van der Waals surface area contributed by atoms with Gasteiger partial charge in [0, 0.05) is 17.7 Å². The highest BCUT2D eigenvalue weighted by Gasteiger charge is 2.17. The molecule has 2 aromatic rings. The highest BCUT2D eigenvalue weighted by atomic mass is 16.5. The molecule has 0 saturated carbocycles. The third-order valence-corrected chi connectivity index (χ3v) is 2.98. The summed E-state index contributed by atoms with van der Waals surface area (Å²) >= 11 is 0. The first-order chi connectivity index (χ1) is 9.06. The van der Waals surface area contributed by atoms with E-state index >= 15 is 0 Å². The van der Waals surface area contributed by atoms with E-state index in [0.29, 0.717) is 17.4 Å². The second kappa shape index (κ2) is 5.22. The van der Waals surface area contributed by atoms with Gasteiger partial charge in [0.25, 0.3) is 0 Å². The number of nitrogens with zero attached hydrogens (tertiary/aromatic N) is 1. The Morgan fingerprint density at radius 2 is 1.79 bits per heavy atom. The van der Waals surface area contributed by atoms with E-state index in [0.717, 1.165) is 16.9 Å². The second-order valence-corrected chi connectivity index (χ2v) is 4.56. The lowest BCUT2D eigenvalue weighted by molar-refractivity contribution is 0.390. The summed E-state index contributed by atoms with van der Waals surface area (Å²) in [6.07, 6.45) is 0. The van der Waals surface area contributed by atoms with Crippen LogP contribution in [0, 0.1) is 0 Å². The molecule has 2 rings (SSSR count). The Kier molecular flexibility index (Phi) is 3.64. The van der Waals surface area contributed by atoms with E-state index in [9.17, 15) is 0 Å². The summed E-state index contributed by atoms with van der Waals surface area (Å²) in [6, 6.07) is 5.53. The van der Waals surface area contributed by atoms with Gasteiger partial charge in [-0.3, -0.25) is 0 Å². The van der Waals surface area contributed by atoms with Crippen LogP contribution in [-0.2, 0) is 0 Å². The molecule has 5 heteroatoms. The number of ether oxygens (including phenoxy) is 2. The molecule has 0 aliphatic rings. The van der Waals surface area contributed by atoms with Crippen LogP contribution in [0.4, 0.5) is 5.88 Å². The fourth-order valence-electron chi connectivity index (χ4n) is 1.99. The fourth-order valence-corrected chi connectivity index (χ4v) is 1.99. The predicted molar refractivity (Wildman–Crippen MR) is 73.5 cm³/mol. The van der Waals surface area contributed by atoms with E-state index in [4.69, 9.17) is 19.7 Å². The minimum Gasteiger partial charge on any atom is -0.496 e. The Balaban J connectivity index is 2.62. The quantitative estimate of drug-likeness (QED) is 0.916. The summed E-state index contributed by atoms with van der Waals surface area (Å²) in [7, 11) is 3.26. The van der Waals surface area contributed by atoms with Gasteiger partial charge in [0.2, 0.25) is 5.88 Å². The zero-order valence-electron chi connectivity index (χ0n) is 11.6. The van der Waals surface area contributed by atoms with E-state index in [2.05, 4.69) is 19.0 Å². The molecular formula is C14H18N2O3. The van der Waals surface area contributed by atoms with Gasteiger partial charge < -0.3 is 19.7 Å². The molecule has 1 aromatic heterocycles. The van der Waals surface area contributed by atoms with E-state index in [1.54, 1.807) is 20.3 Å². The van der Waals surface area contributed by atoms with E-state index in [1.807, 2.05) is 12.1 Å². The van der Waals surface area contributed by atoms with Crippen LogP contribution in [0.25, 0.3) is 11.3 Å². The maximum Gasteiger partial charge on any atom is 0.222 e. The molecular weight excluding hydrogens is 244 g/mol. The Hall–Kier alpha value is -2.17. The maximum atomic E-state index is 5.57. The monoisotopic (exact) mass is 262 g/mol. The molecule has 0 saturated heterocycles. The molecule has 0 spiro atoms. The number of nitrogens with two attached hydrogens (primary N) is 1. The lowest BCUT2D eigenvalue weighted by atomic mass is 9.97. The van der Waals surface area contributed by atoms with Gasteiger partial charge in [-0.1, -0.05) is 19.0 Å². The van der Waals surface area contributed by atoms with Crippen molar-refractivity contribution in [3.8, 4) is 22.8 Å². The minimum absolute atomic E-state index is 0.277. The molecule has 102 valence electrons. The van der Waals surface area contributed by atoms with Gasteiger partial charge >= 0.3 is 0 Å². The summed E-state index contributed by atoms with van der Waals surface area (Å²) in [5.74, 6) is 2.07. The number of hydrogen-bond donors (Lipinski definition) is 1. The molecule has 19 heavy (non-hydrogen) atoms. The molecule has 0 radical (unpaired) electrons. The molecule has 0 unspecified atom stereocenters. The van der Waals surface area contributed by atoms with Crippen LogP contribution in [0.2, 0.25) is 0 Å². The summed E-state index contributed by atoms with van der Waals surface area (Å²) < 4.78 is 15.7. The smallest absolute Gasteiger partial charge is 0.222 e. The van der Waals surface area contributed by atoms with E-state index in [1.165, 1.54) is 0 Å². The molecule has 0 amide bonds. The first-order valence-corrected chi connectivity index (χ1v) is 6.05. The summed E-state index contributed by atoms with van der Waals surface area (Å²) in [5.41, 5.74) is 8.14. The lowest BCUT2D eigenvalue weighted by Crippen LogP contribution is -1.98. The van der Waals surface area contributed by atoms with Gasteiger partial charge in [-0.05, 0) is 17.5 Å². The highest BCUT2D eigenvalue weighted by molar-refractivity contribution is 5.71. The second-order valence-electron chi connectivity index (χ2n) is 4.56. The lowest BCUT2D eigenvalue weighted by Gasteiger charge is -2.15. The molecule has 2 N–H and O–H groups in total. The first kappa shape index (κ1) is 13.3. The number of nitrogen functional groups attached to an aromatic ring is 1. The standard InChI is InChI=1S/C14H18N2O3/c1-8(2)9-5-10(11-6-14(15)19-16-11)13(18-4)7-12(9)17-3/h5-8H,15H2,1-4H3. The van der Waals surface area contributed by atoms with Crippen molar-refractivity contribution in [3.05, 3.63) is 23.8 Å². The van der Waals surface area contributed by atoms with Crippen molar-refractivity contribution in [1.82, 2.24) is 5.16 Å². The van der Waals surface area contributed by atoms with Crippen molar-refractivity contribution in [3.63, 3.8) is 0 Å². The number of aromatic nitrogens is 1. The normalized spacial score (nSPS) is 10.8. The number of hydrogen-bond acceptors (Lipinski definition) is 5. The van der Waals surface area contributed by atoms with Crippen molar-refractivity contribution >= 4 is 5.88 Å². The van der Waals surface area contributed by atoms with Crippen molar-refractivity contribution in [1.29, 1.82) is 0 Å². The number of benzene rings is 1. The Labute approximate surface area is 112 Å². The summed E-state index contributed by atoms with van der Waals surface area (Å²) in [5, 5.41) is 3.93. The largest absolute Gasteiger partial charge is 0.496 e. The molecule has 1 heterocycles. The van der Waals surface area contributed by atoms with Crippen molar-refractivity contribution in [2.75, 3.05) is 20.0 Å². The molecule has 0 aliphatic heterocycles. The molecule has 1 aromatic carbocycles. The van der Waals surface area contributed by atoms with Crippen LogP contribution in [0.15, 0.2) is 22.7 Å². The molecule has 0 fully saturated rings. The van der Waals surface area contributed by atoms with Crippen LogP contribution in [0.1, 0.15) is 25.3 Å². The average Bonchev–Trinajstić information content (AvgIpc) is 2.83. The number of anilines is 1. The van der Waals surface area contributed by atoms with Crippen LogP contribution < -0.4 is 15.2 Å². The van der Waals surface area contributed by atoms with Crippen LogP contribution >= 0.6 is 0 Å². The summed E-state index contributed by atoms with van der Waals surface area (Å²) in [4.78, 5) is 0. The SMILES string of the molecule is COc1cc(OC)c(C(C)C)cc1-c1cc(N)on1. The van der Waals surface area contributed by atoms with Crippen LogP contribution in [0.3, 0.4) is 0 Å². The van der Waals surface area contributed by atoms with Crippen LogP contribution in [-0.4, -0.2) is 19.4 Å². The first-order valence-electron chi connectivity index (χ1n) is 6.05. The van der Waals surface area contributed by atoms with E-state index in [-0.39, 0.29) is 5.88 Å². The third kappa shape index (κ3) is 2.50. The Morgan fingerprint density at radius 1 is 1.11 bits per heavy atom. The summed E-state index contributed by atoms with van der Waals surface area (Å²) in [6.45, 7) is 4.20. The third-order valence-electron chi connectivity index (χ3n) is 2.98. The van der Waals surface area contributed by atoms with Crippen molar-refractivity contribution < 1.29 is 14.0 Å². The molecule has 0 bridgehead atoms. The van der Waals surface area contributed by atoms with Gasteiger partial charge in [-0.25, -0.2) is 0 Å². The van der Waals surface area contributed by atoms with Crippen LogP contribution in [0.5, 0.6) is 11.5 Å². The minimum atomic E-state index is 0.277. The Bertz CT molecular complexity index is 576. The zero-order valence-corrected chi connectivity index (χ0v) is 11.6. The van der Waals surface area contributed by atoms with Gasteiger partial charge in [-0.15, -0.1) is 0 Å². The fraction of sp³-hybridized carbons (Fsp3) is 0.357. The molecule has 0 atom stereocenters. The average molecular weight is 262 g/mol. The van der Waals surface area contributed by atoms with Crippen molar-refractivity contribution in [2.24, 2.45) is 0 Å². The topological polar surface area (TPSA) is 70.5 Å². The highest BCUT2D eigenvalue weighted by Crippen LogP contribution is 2.38. The van der Waals surface area contributed by atoms with Crippen molar-refractivity contribution in [2.45, 2.75) is 19.8 Å². The molecule has 5 nitrogen and oxygen atoms in total. The predicted octanol–water partition coefficient (Wildman–Crippen LogP) is 3.06. The van der Waals surface area contributed by atoms with Gasteiger partial charge in [-0.2, -0.15) is 0 Å². The maximum absolute atomic E-state index is 5.57. The van der Waals surface area contributed by atoms with Gasteiger partial charge in [0.15, 0.2) is 0 Å². The number of methoxy groups -OCH3 is 2. The van der Waals surface area contributed by atoms with E-state index < -0.39 is 0 Å². The van der Waals surface area contributed by atoms with Gasteiger partial charge in [0.1, 0.15) is 17.2 Å². The zero-order chi connectivity index (χ0) is 14.0. The Morgan fingerprint density at radius 3 is 2.26 bits per heavy atom.